The molecule has 3 heteroatoms. The molecule has 0 aromatic heterocycles. The molecule has 0 aromatic rings. The molecule has 3 nitrogen and oxygen atoms in total. The van der Waals surface area contributed by atoms with Gasteiger partial charge in [0.05, 0.1) is 6.54 Å². The standard InChI is InChI=1S/C13H23NO2/c1-2-12-10-14(13(15)16-12)11-8-6-4-3-5-7-9-11/h11-12H,2-10H2,1H3/t12-/m1/s1. The molecule has 0 unspecified atom stereocenters. The fourth-order valence-corrected chi connectivity index (χ4v) is 2.80. The van der Waals surface area contributed by atoms with Gasteiger partial charge in [-0.25, -0.2) is 4.79 Å². The molecule has 1 amide bonds. The molecule has 1 saturated heterocycles. The highest BCUT2D eigenvalue weighted by Gasteiger charge is 2.34. The topological polar surface area (TPSA) is 29.5 Å². The predicted molar refractivity (Wildman–Crippen MR) is 63.4 cm³/mol. The van der Waals surface area contributed by atoms with E-state index in [0.29, 0.717) is 6.04 Å². The number of ether oxygens (including phenoxy) is 1. The molecule has 0 N–H and O–H groups in total. The molecule has 92 valence electrons. The highest BCUT2D eigenvalue weighted by Crippen LogP contribution is 2.25. The lowest BCUT2D eigenvalue weighted by Crippen LogP contribution is -2.36. The fraction of sp³-hybridized carbons (Fsp3) is 0.923. The molecule has 1 atom stereocenters. The van der Waals surface area contributed by atoms with Crippen LogP contribution in [0.5, 0.6) is 0 Å². The summed E-state index contributed by atoms with van der Waals surface area (Å²) in [5.74, 6) is 0. The molecule has 1 heterocycles. The third kappa shape index (κ3) is 2.69. The number of hydrogen-bond acceptors (Lipinski definition) is 2. The SMILES string of the molecule is CC[C@@H]1CN(C2CCCCCCC2)C(=O)O1. The molecule has 0 bridgehead atoms. The van der Waals surface area contributed by atoms with Gasteiger partial charge in [0.15, 0.2) is 0 Å². The van der Waals surface area contributed by atoms with Crippen molar-refractivity contribution < 1.29 is 9.53 Å². The van der Waals surface area contributed by atoms with E-state index in [1.54, 1.807) is 0 Å². The van der Waals surface area contributed by atoms with Crippen LogP contribution in [0.1, 0.15) is 58.3 Å². The second-order valence-corrected chi connectivity index (χ2v) is 5.07. The number of hydrogen-bond donors (Lipinski definition) is 0. The lowest BCUT2D eigenvalue weighted by molar-refractivity contribution is 0.123. The summed E-state index contributed by atoms with van der Waals surface area (Å²) >= 11 is 0. The van der Waals surface area contributed by atoms with Gasteiger partial charge in [-0.2, -0.15) is 0 Å². The number of carbonyl (C=O) groups excluding carboxylic acids is 1. The third-order valence-electron chi connectivity index (χ3n) is 3.87. The van der Waals surface area contributed by atoms with Gasteiger partial charge in [0.1, 0.15) is 6.10 Å². The molecule has 0 spiro atoms. The van der Waals surface area contributed by atoms with E-state index in [-0.39, 0.29) is 12.2 Å². The van der Waals surface area contributed by atoms with Crippen molar-refractivity contribution in [2.45, 2.75) is 70.4 Å². The van der Waals surface area contributed by atoms with E-state index >= 15 is 0 Å². The van der Waals surface area contributed by atoms with E-state index in [1.807, 2.05) is 4.90 Å². The Morgan fingerprint density at radius 1 is 1.19 bits per heavy atom. The van der Waals surface area contributed by atoms with E-state index in [2.05, 4.69) is 6.92 Å². The zero-order chi connectivity index (χ0) is 11.4. The van der Waals surface area contributed by atoms with Crippen LogP contribution < -0.4 is 0 Å². The highest BCUT2D eigenvalue weighted by molar-refractivity contribution is 5.70. The molecule has 0 radical (unpaired) electrons. The van der Waals surface area contributed by atoms with Crippen LogP contribution in [-0.4, -0.2) is 29.7 Å². The van der Waals surface area contributed by atoms with Gasteiger partial charge < -0.3 is 9.64 Å². The first-order valence-corrected chi connectivity index (χ1v) is 6.78. The Hall–Kier alpha value is -0.730. The molecule has 1 aliphatic heterocycles. The Morgan fingerprint density at radius 2 is 1.81 bits per heavy atom. The van der Waals surface area contributed by atoms with Gasteiger partial charge in [-0.3, -0.25) is 0 Å². The van der Waals surface area contributed by atoms with Crippen LogP contribution in [0.4, 0.5) is 4.79 Å². The largest absolute Gasteiger partial charge is 0.444 e. The van der Waals surface area contributed by atoms with E-state index in [4.69, 9.17) is 4.74 Å². The first-order chi connectivity index (χ1) is 7.81. The van der Waals surface area contributed by atoms with Crippen LogP contribution in [-0.2, 0) is 4.74 Å². The molecule has 1 aliphatic carbocycles. The second kappa shape index (κ2) is 5.55. The van der Waals surface area contributed by atoms with Crippen molar-refractivity contribution in [3.8, 4) is 0 Å². The maximum absolute atomic E-state index is 11.7. The molecular formula is C13H23NO2. The number of carbonyl (C=O) groups is 1. The minimum absolute atomic E-state index is 0.0718. The quantitative estimate of drug-likeness (QED) is 0.721. The Morgan fingerprint density at radius 3 is 2.38 bits per heavy atom. The number of rotatable bonds is 2. The summed E-state index contributed by atoms with van der Waals surface area (Å²) in [6.45, 7) is 2.90. The summed E-state index contributed by atoms with van der Waals surface area (Å²) in [5.41, 5.74) is 0. The van der Waals surface area contributed by atoms with Crippen LogP contribution >= 0.6 is 0 Å². The highest BCUT2D eigenvalue weighted by atomic mass is 16.6. The summed E-state index contributed by atoms with van der Waals surface area (Å²) in [6, 6.07) is 0.448. The van der Waals surface area contributed by atoms with Crippen molar-refractivity contribution in [1.82, 2.24) is 4.90 Å². The zero-order valence-electron chi connectivity index (χ0n) is 10.3. The van der Waals surface area contributed by atoms with Crippen LogP contribution in [0.2, 0.25) is 0 Å². The Balaban J connectivity index is 1.91. The van der Waals surface area contributed by atoms with Crippen molar-refractivity contribution in [1.29, 1.82) is 0 Å². The lowest BCUT2D eigenvalue weighted by atomic mass is 9.96. The van der Waals surface area contributed by atoms with Gasteiger partial charge in [0.2, 0.25) is 0 Å². The van der Waals surface area contributed by atoms with Gasteiger partial charge in [-0.15, -0.1) is 0 Å². The van der Waals surface area contributed by atoms with Gasteiger partial charge in [0.25, 0.3) is 0 Å². The monoisotopic (exact) mass is 225 g/mol. The molecule has 16 heavy (non-hydrogen) atoms. The predicted octanol–water partition coefficient (Wildman–Crippen LogP) is 3.33. The lowest BCUT2D eigenvalue weighted by Gasteiger charge is -2.27. The summed E-state index contributed by atoms with van der Waals surface area (Å²) in [7, 11) is 0. The molecule has 0 aromatic carbocycles. The second-order valence-electron chi connectivity index (χ2n) is 5.07. The van der Waals surface area contributed by atoms with Crippen LogP contribution in [0.3, 0.4) is 0 Å². The minimum atomic E-state index is -0.0718. The van der Waals surface area contributed by atoms with E-state index in [0.717, 1.165) is 13.0 Å². The molecule has 2 fully saturated rings. The van der Waals surface area contributed by atoms with Crippen molar-refractivity contribution in [3.05, 3.63) is 0 Å². The van der Waals surface area contributed by atoms with Gasteiger partial charge in [-0.1, -0.05) is 39.0 Å². The van der Waals surface area contributed by atoms with Crippen molar-refractivity contribution in [2.24, 2.45) is 0 Å². The summed E-state index contributed by atoms with van der Waals surface area (Å²) < 4.78 is 5.34. The number of cyclic esters (lactones) is 1. The number of nitrogens with zero attached hydrogens (tertiary/aromatic N) is 1. The van der Waals surface area contributed by atoms with E-state index in [1.165, 1.54) is 44.9 Å². The number of amides is 1. The Kier molecular flexibility index (Phi) is 4.08. The van der Waals surface area contributed by atoms with Crippen molar-refractivity contribution in [2.75, 3.05) is 6.54 Å². The summed E-state index contributed by atoms with van der Waals surface area (Å²) in [5, 5.41) is 0. The van der Waals surface area contributed by atoms with Gasteiger partial charge >= 0.3 is 6.09 Å². The Labute approximate surface area is 98.1 Å². The molecule has 2 rings (SSSR count). The van der Waals surface area contributed by atoms with Crippen LogP contribution in [0.15, 0.2) is 0 Å². The summed E-state index contributed by atoms with van der Waals surface area (Å²) in [4.78, 5) is 13.7. The van der Waals surface area contributed by atoms with E-state index < -0.39 is 0 Å². The van der Waals surface area contributed by atoms with Crippen molar-refractivity contribution >= 4 is 6.09 Å². The maximum Gasteiger partial charge on any atom is 0.410 e. The van der Waals surface area contributed by atoms with Crippen molar-refractivity contribution in [3.63, 3.8) is 0 Å². The third-order valence-corrected chi connectivity index (χ3v) is 3.87. The first kappa shape index (κ1) is 11.7. The average molecular weight is 225 g/mol. The summed E-state index contributed by atoms with van der Waals surface area (Å²) in [6.07, 6.45) is 9.92. The molecule has 1 saturated carbocycles. The van der Waals surface area contributed by atoms with Crippen LogP contribution in [0, 0.1) is 0 Å². The normalized spacial score (nSPS) is 28.7. The van der Waals surface area contributed by atoms with Gasteiger partial charge in [0, 0.05) is 6.04 Å². The zero-order valence-corrected chi connectivity index (χ0v) is 10.3. The average Bonchev–Trinajstić information content (AvgIpc) is 2.60. The van der Waals surface area contributed by atoms with Gasteiger partial charge in [-0.05, 0) is 19.3 Å². The smallest absolute Gasteiger partial charge is 0.410 e. The molecule has 2 aliphatic rings. The Bertz CT molecular complexity index is 234. The first-order valence-electron chi connectivity index (χ1n) is 6.78. The fourth-order valence-electron chi connectivity index (χ4n) is 2.80. The minimum Gasteiger partial charge on any atom is -0.444 e. The maximum atomic E-state index is 11.7. The molecular weight excluding hydrogens is 202 g/mol. The van der Waals surface area contributed by atoms with Crippen LogP contribution in [0.25, 0.3) is 0 Å². The van der Waals surface area contributed by atoms with E-state index in [9.17, 15) is 4.79 Å².